The van der Waals surface area contributed by atoms with Crippen molar-refractivity contribution in [3.63, 3.8) is 0 Å². The molecule has 0 radical (unpaired) electrons. The van der Waals surface area contributed by atoms with Gasteiger partial charge in [0.15, 0.2) is 0 Å². The van der Waals surface area contributed by atoms with Crippen molar-refractivity contribution in [3.8, 4) is 0 Å². The molecule has 0 aromatic heterocycles. The minimum Gasteiger partial charge on any atom is -0.352 e. The summed E-state index contributed by atoms with van der Waals surface area (Å²) in [6.45, 7) is 2.82. The maximum absolute atomic E-state index is 11.9. The quantitative estimate of drug-likeness (QED) is 0.774. The van der Waals surface area contributed by atoms with Crippen LogP contribution in [0.2, 0.25) is 0 Å². The highest BCUT2D eigenvalue weighted by molar-refractivity contribution is 8.00. The number of carbonyl (C=O) groups excluding carboxylic acids is 1. The van der Waals surface area contributed by atoms with Gasteiger partial charge in [-0.1, -0.05) is 12.1 Å². The molecule has 4 heteroatoms. The van der Waals surface area contributed by atoms with Crippen LogP contribution in [-0.4, -0.2) is 24.2 Å². The second-order valence-corrected chi connectivity index (χ2v) is 6.13. The Labute approximate surface area is 113 Å². The van der Waals surface area contributed by atoms with E-state index in [-0.39, 0.29) is 11.2 Å². The van der Waals surface area contributed by atoms with Crippen LogP contribution < -0.4 is 10.6 Å². The monoisotopic (exact) mass is 264 g/mol. The number of nitrogens with one attached hydrogen (secondary N) is 2. The molecule has 1 amide bonds. The molecule has 18 heavy (non-hydrogen) atoms. The molecule has 2 N–H and O–H groups in total. The lowest BCUT2D eigenvalue weighted by Crippen LogP contribution is -2.32. The lowest BCUT2D eigenvalue weighted by molar-refractivity contribution is -0.120. The molecule has 0 saturated heterocycles. The standard InChI is InChI=1S/C14H20N2OS/c1-10(14(17)16-12-6-7-12)18-13-5-3-4-11(8-13)9-15-2/h3-5,8,10,12,15H,6-7,9H2,1-2H3,(H,16,17). The topological polar surface area (TPSA) is 41.1 Å². The summed E-state index contributed by atoms with van der Waals surface area (Å²) in [4.78, 5) is 13.0. The first-order valence-corrected chi connectivity index (χ1v) is 7.27. The number of amides is 1. The smallest absolute Gasteiger partial charge is 0.233 e. The van der Waals surface area contributed by atoms with E-state index in [4.69, 9.17) is 0 Å². The van der Waals surface area contributed by atoms with E-state index in [1.807, 2.05) is 20.0 Å². The molecule has 1 aromatic rings. The van der Waals surface area contributed by atoms with Gasteiger partial charge in [-0.05, 0) is 44.5 Å². The number of rotatable bonds is 6. The van der Waals surface area contributed by atoms with Gasteiger partial charge in [0.05, 0.1) is 5.25 Å². The number of hydrogen-bond acceptors (Lipinski definition) is 3. The average Bonchev–Trinajstić information content (AvgIpc) is 3.14. The van der Waals surface area contributed by atoms with E-state index in [0.717, 1.165) is 24.3 Å². The highest BCUT2D eigenvalue weighted by Gasteiger charge is 2.25. The van der Waals surface area contributed by atoms with Gasteiger partial charge in [0, 0.05) is 17.5 Å². The number of hydrogen-bond donors (Lipinski definition) is 2. The van der Waals surface area contributed by atoms with Gasteiger partial charge in [-0.25, -0.2) is 0 Å². The Hall–Kier alpha value is -1.00. The Balaban J connectivity index is 1.90. The second kappa shape index (κ2) is 6.25. The molecule has 0 spiro atoms. The Morgan fingerprint density at radius 2 is 2.28 bits per heavy atom. The van der Waals surface area contributed by atoms with Crippen LogP contribution >= 0.6 is 11.8 Å². The summed E-state index contributed by atoms with van der Waals surface area (Å²) >= 11 is 1.62. The van der Waals surface area contributed by atoms with E-state index < -0.39 is 0 Å². The van der Waals surface area contributed by atoms with Gasteiger partial charge in [-0.15, -0.1) is 11.8 Å². The third kappa shape index (κ3) is 4.03. The zero-order valence-electron chi connectivity index (χ0n) is 10.9. The molecule has 1 fully saturated rings. The van der Waals surface area contributed by atoms with E-state index >= 15 is 0 Å². The van der Waals surface area contributed by atoms with Gasteiger partial charge in [-0.2, -0.15) is 0 Å². The van der Waals surface area contributed by atoms with Gasteiger partial charge in [0.1, 0.15) is 0 Å². The highest BCUT2D eigenvalue weighted by atomic mass is 32.2. The minimum absolute atomic E-state index is 0.0320. The first-order chi connectivity index (χ1) is 8.69. The van der Waals surface area contributed by atoms with Crippen LogP contribution in [0, 0.1) is 0 Å². The third-order valence-electron chi connectivity index (χ3n) is 2.89. The first kappa shape index (κ1) is 13.4. The van der Waals surface area contributed by atoms with E-state index in [0.29, 0.717) is 6.04 Å². The predicted molar refractivity (Wildman–Crippen MR) is 75.7 cm³/mol. The summed E-state index contributed by atoms with van der Waals surface area (Å²) in [7, 11) is 1.94. The second-order valence-electron chi connectivity index (χ2n) is 4.72. The molecule has 0 bridgehead atoms. The van der Waals surface area contributed by atoms with E-state index in [1.54, 1.807) is 11.8 Å². The minimum atomic E-state index is -0.0320. The number of thioether (sulfide) groups is 1. The van der Waals surface area contributed by atoms with Gasteiger partial charge in [-0.3, -0.25) is 4.79 Å². The lowest BCUT2D eigenvalue weighted by Gasteiger charge is -2.12. The molecule has 1 aliphatic rings. The van der Waals surface area contributed by atoms with Crippen LogP contribution in [0.4, 0.5) is 0 Å². The first-order valence-electron chi connectivity index (χ1n) is 6.39. The number of carbonyl (C=O) groups is 1. The van der Waals surface area contributed by atoms with Gasteiger partial charge in [0.25, 0.3) is 0 Å². The normalized spacial score (nSPS) is 16.3. The molecule has 0 aliphatic heterocycles. The lowest BCUT2D eigenvalue weighted by atomic mass is 10.2. The molecule has 1 atom stereocenters. The maximum Gasteiger partial charge on any atom is 0.233 e. The molecule has 2 rings (SSSR count). The number of benzene rings is 1. The van der Waals surface area contributed by atoms with Gasteiger partial charge in [0.2, 0.25) is 5.91 Å². The van der Waals surface area contributed by atoms with Gasteiger partial charge < -0.3 is 10.6 Å². The van der Waals surface area contributed by atoms with Crippen molar-refractivity contribution in [3.05, 3.63) is 29.8 Å². The van der Waals surface area contributed by atoms with Crippen molar-refractivity contribution < 1.29 is 4.79 Å². The highest BCUT2D eigenvalue weighted by Crippen LogP contribution is 2.26. The maximum atomic E-state index is 11.9. The average molecular weight is 264 g/mol. The predicted octanol–water partition coefficient (Wildman–Crippen LogP) is 2.17. The Bertz CT molecular complexity index is 418. The molecular weight excluding hydrogens is 244 g/mol. The molecule has 1 saturated carbocycles. The van der Waals surface area contributed by atoms with E-state index in [9.17, 15) is 4.79 Å². The molecular formula is C14H20N2OS. The van der Waals surface area contributed by atoms with E-state index in [1.165, 1.54) is 5.56 Å². The fourth-order valence-corrected chi connectivity index (χ4v) is 2.70. The Morgan fingerprint density at radius 1 is 1.50 bits per heavy atom. The molecule has 0 heterocycles. The molecule has 1 unspecified atom stereocenters. The Morgan fingerprint density at radius 3 is 2.94 bits per heavy atom. The molecule has 98 valence electrons. The summed E-state index contributed by atoms with van der Waals surface area (Å²) in [5, 5.41) is 6.14. The fourth-order valence-electron chi connectivity index (χ4n) is 1.74. The summed E-state index contributed by atoms with van der Waals surface area (Å²) < 4.78 is 0. The van der Waals surface area contributed by atoms with Crippen LogP contribution in [0.5, 0.6) is 0 Å². The van der Waals surface area contributed by atoms with Crippen molar-refractivity contribution in [2.24, 2.45) is 0 Å². The van der Waals surface area contributed by atoms with Crippen molar-refractivity contribution in [2.45, 2.75) is 42.5 Å². The molecule has 1 aliphatic carbocycles. The van der Waals surface area contributed by atoms with Crippen LogP contribution in [0.3, 0.4) is 0 Å². The summed E-state index contributed by atoms with van der Waals surface area (Å²) in [5.74, 6) is 0.154. The zero-order chi connectivity index (χ0) is 13.0. The largest absolute Gasteiger partial charge is 0.352 e. The van der Waals surface area contributed by atoms with Crippen molar-refractivity contribution in [1.82, 2.24) is 10.6 Å². The van der Waals surface area contributed by atoms with Crippen molar-refractivity contribution in [2.75, 3.05) is 7.05 Å². The fraction of sp³-hybridized carbons (Fsp3) is 0.500. The summed E-state index contributed by atoms with van der Waals surface area (Å²) in [5.41, 5.74) is 1.25. The SMILES string of the molecule is CNCc1cccc(SC(C)C(=O)NC2CC2)c1. The van der Waals surface area contributed by atoms with Gasteiger partial charge >= 0.3 is 0 Å². The van der Waals surface area contributed by atoms with Crippen LogP contribution in [0.1, 0.15) is 25.3 Å². The third-order valence-corrected chi connectivity index (χ3v) is 3.98. The molecule has 3 nitrogen and oxygen atoms in total. The summed E-state index contributed by atoms with van der Waals surface area (Å²) in [6.07, 6.45) is 2.28. The van der Waals surface area contributed by atoms with Crippen LogP contribution in [0.25, 0.3) is 0 Å². The van der Waals surface area contributed by atoms with Crippen molar-refractivity contribution >= 4 is 17.7 Å². The summed E-state index contributed by atoms with van der Waals surface area (Å²) in [6, 6.07) is 8.78. The van der Waals surface area contributed by atoms with Crippen LogP contribution in [-0.2, 0) is 11.3 Å². The van der Waals surface area contributed by atoms with Crippen molar-refractivity contribution in [1.29, 1.82) is 0 Å². The zero-order valence-corrected chi connectivity index (χ0v) is 11.7. The Kier molecular flexibility index (Phi) is 4.66. The van der Waals surface area contributed by atoms with E-state index in [2.05, 4.69) is 28.8 Å². The molecule has 1 aromatic carbocycles. The van der Waals surface area contributed by atoms with Crippen LogP contribution in [0.15, 0.2) is 29.2 Å².